The number of hydrogen-bond acceptors (Lipinski definition) is 5. The molecule has 0 aliphatic rings. The minimum atomic E-state index is -1.31. The van der Waals surface area contributed by atoms with Gasteiger partial charge in [-0.3, -0.25) is 0 Å². The maximum absolute atomic E-state index is 11.0. The fraction of sp³-hybridized carbons (Fsp3) is 0.231. The van der Waals surface area contributed by atoms with Gasteiger partial charge in [-0.05, 0) is 30.4 Å². The van der Waals surface area contributed by atoms with Crippen LogP contribution in [0.15, 0.2) is 36.8 Å². The van der Waals surface area contributed by atoms with Crippen LogP contribution in [-0.2, 0) is 5.72 Å². The fourth-order valence-electron chi connectivity index (χ4n) is 2.12. The molecule has 1 atom stereocenters. The van der Waals surface area contributed by atoms with Gasteiger partial charge in [-0.2, -0.15) is 0 Å². The van der Waals surface area contributed by atoms with Crippen molar-refractivity contribution < 1.29 is 5.11 Å². The smallest absolute Gasteiger partial charge is 0.198 e. The predicted octanol–water partition coefficient (Wildman–Crippen LogP) is 1.99. The Bertz CT molecular complexity index is 778. The van der Waals surface area contributed by atoms with E-state index in [0.29, 0.717) is 22.5 Å². The third-order valence-electron chi connectivity index (χ3n) is 3.26. The van der Waals surface area contributed by atoms with Gasteiger partial charge in [0, 0.05) is 30.4 Å². The normalized spacial score (nSPS) is 14.3. The van der Waals surface area contributed by atoms with Gasteiger partial charge in [0.05, 0.1) is 5.69 Å². The lowest BCUT2D eigenvalue weighted by Gasteiger charge is -2.26. The lowest BCUT2D eigenvalue weighted by Crippen LogP contribution is -2.35. The van der Waals surface area contributed by atoms with E-state index in [1.807, 2.05) is 19.1 Å². The van der Waals surface area contributed by atoms with E-state index in [-0.39, 0.29) is 0 Å². The lowest BCUT2D eigenvalue weighted by atomic mass is 10.1. The zero-order chi connectivity index (χ0) is 14.2. The Hall–Kier alpha value is -2.12. The minimum Gasteiger partial charge on any atom is -0.364 e. The predicted molar refractivity (Wildman–Crippen MR) is 76.5 cm³/mol. The molecule has 0 saturated heterocycles. The van der Waals surface area contributed by atoms with Gasteiger partial charge < -0.3 is 10.1 Å². The van der Waals surface area contributed by atoms with Crippen LogP contribution >= 0.6 is 12.2 Å². The average molecular weight is 287 g/mol. The highest BCUT2D eigenvalue weighted by atomic mass is 32.1. The zero-order valence-corrected chi connectivity index (χ0v) is 11.6. The Morgan fingerprint density at radius 2 is 2.20 bits per heavy atom. The Morgan fingerprint density at radius 1 is 1.35 bits per heavy atom. The average Bonchev–Trinajstić information content (AvgIpc) is 2.91. The van der Waals surface area contributed by atoms with Crippen molar-refractivity contribution in [1.82, 2.24) is 24.7 Å². The number of rotatable bonds is 3. The first-order chi connectivity index (χ1) is 9.63. The topological polar surface area (TPSA) is 79.6 Å². The first-order valence-electron chi connectivity index (χ1n) is 6.22. The summed E-state index contributed by atoms with van der Waals surface area (Å²) in [7, 11) is 0. The highest BCUT2D eigenvalue weighted by Crippen LogP contribution is 2.26. The summed E-state index contributed by atoms with van der Waals surface area (Å²) in [6.07, 6.45) is 5.43. The first kappa shape index (κ1) is 12.9. The van der Waals surface area contributed by atoms with Gasteiger partial charge in [0.25, 0.3) is 0 Å². The van der Waals surface area contributed by atoms with E-state index in [2.05, 4.69) is 20.1 Å². The summed E-state index contributed by atoms with van der Waals surface area (Å²) in [5, 5.41) is 16.2. The van der Waals surface area contributed by atoms with Crippen molar-refractivity contribution in [3.63, 3.8) is 0 Å². The molecule has 3 aromatic heterocycles. The van der Waals surface area contributed by atoms with Crippen LogP contribution in [0.2, 0.25) is 0 Å². The number of nitrogens with zero attached hydrogens (tertiary/aromatic N) is 4. The Kier molecular flexibility index (Phi) is 3.07. The molecule has 102 valence electrons. The number of pyridine rings is 1. The van der Waals surface area contributed by atoms with Crippen molar-refractivity contribution in [2.24, 2.45) is 0 Å². The standard InChI is InChI=1S/C13H13N5OS/c1-2-13(19,10-5-7-15-12(20)16-10)18-8-9-4-3-6-14-11(9)17-18/h3-8,19H,2H2,1H3,(H,15,16,20). The van der Waals surface area contributed by atoms with Gasteiger partial charge in [0.2, 0.25) is 0 Å². The van der Waals surface area contributed by atoms with Crippen LogP contribution in [0.4, 0.5) is 0 Å². The number of hydrogen-bond donors (Lipinski definition) is 2. The summed E-state index contributed by atoms with van der Waals surface area (Å²) in [4.78, 5) is 11.0. The molecule has 0 bridgehead atoms. The third kappa shape index (κ3) is 2.00. The molecule has 7 heteroatoms. The maximum atomic E-state index is 11.0. The molecule has 0 aliphatic carbocycles. The molecule has 0 fully saturated rings. The fourth-order valence-corrected chi connectivity index (χ4v) is 2.29. The molecule has 3 rings (SSSR count). The molecule has 3 aromatic rings. The van der Waals surface area contributed by atoms with Crippen LogP contribution in [0.1, 0.15) is 19.0 Å². The molecule has 0 saturated carbocycles. The van der Waals surface area contributed by atoms with Crippen LogP contribution in [0, 0.1) is 4.77 Å². The van der Waals surface area contributed by atoms with Gasteiger partial charge in [0.1, 0.15) is 0 Å². The van der Waals surface area contributed by atoms with E-state index >= 15 is 0 Å². The lowest BCUT2D eigenvalue weighted by molar-refractivity contribution is -0.0143. The Labute approximate surface area is 120 Å². The van der Waals surface area contributed by atoms with Crippen molar-refractivity contribution >= 4 is 23.3 Å². The second kappa shape index (κ2) is 4.77. The number of aromatic amines is 1. The SMILES string of the molecule is CCC(O)(c1ccnc(=S)[nH]1)n1cc2cccnc2n1. The van der Waals surface area contributed by atoms with Crippen molar-refractivity contribution in [1.29, 1.82) is 0 Å². The summed E-state index contributed by atoms with van der Waals surface area (Å²) < 4.78 is 1.83. The van der Waals surface area contributed by atoms with Crippen LogP contribution in [0.3, 0.4) is 0 Å². The molecule has 0 aliphatic heterocycles. The molecule has 0 radical (unpaired) electrons. The molecule has 6 nitrogen and oxygen atoms in total. The second-order valence-corrected chi connectivity index (χ2v) is 4.84. The van der Waals surface area contributed by atoms with Gasteiger partial charge >= 0.3 is 0 Å². The molecule has 0 spiro atoms. The summed E-state index contributed by atoms with van der Waals surface area (Å²) >= 11 is 5.01. The highest BCUT2D eigenvalue weighted by Gasteiger charge is 2.31. The van der Waals surface area contributed by atoms with Crippen LogP contribution < -0.4 is 0 Å². The number of nitrogens with one attached hydrogen (secondary N) is 1. The van der Waals surface area contributed by atoms with Crippen LogP contribution in [0.5, 0.6) is 0 Å². The summed E-state index contributed by atoms with van der Waals surface area (Å²) in [5.74, 6) is 0. The number of aliphatic hydroxyl groups is 1. The minimum absolute atomic E-state index is 0.323. The molecule has 0 aromatic carbocycles. The van der Waals surface area contributed by atoms with E-state index in [4.69, 9.17) is 12.2 Å². The molecule has 3 heterocycles. The Morgan fingerprint density at radius 3 is 2.90 bits per heavy atom. The van der Waals surface area contributed by atoms with E-state index in [9.17, 15) is 5.11 Å². The van der Waals surface area contributed by atoms with Gasteiger partial charge in [-0.25, -0.2) is 14.6 Å². The molecular weight excluding hydrogens is 274 g/mol. The number of fused-ring (bicyclic) bond motifs is 1. The van der Waals surface area contributed by atoms with Crippen LogP contribution in [0.25, 0.3) is 11.0 Å². The number of H-pyrrole nitrogens is 1. The van der Waals surface area contributed by atoms with Gasteiger partial charge in [0.15, 0.2) is 16.1 Å². The molecular formula is C13H13N5OS. The maximum Gasteiger partial charge on any atom is 0.198 e. The highest BCUT2D eigenvalue weighted by molar-refractivity contribution is 7.71. The summed E-state index contributed by atoms with van der Waals surface area (Å²) in [5.41, 5.74) is -0.170. The zero-order valence-electron chi connectivity index (χ0n) is 10.8. The van der Waals surface area contributed by atoms with Crippen molar-refractivity contribution in [3.8, 4) is 0 Å². The number of aromatic nitrogens is 5. The van der Waals surface area contributed by atoms with Gasteiger partial charge in [-0.1, -0.05) is 6.92 Å². The summed E-state index contributed by atoms with van der Waals surface area (Å²) in [6.45, 7) is 1.87. The molecule has 0 amide bonds. The summed E-state index contributed by atoms with van der Waals surface area (Å²) in [6, 6.07) is 5.43. The van der Waals surface area contributed by atoms with Crippen molar-refractivity contribution in [2.75, 3.05) is 0 Å². The van der Waals surface area contributed by atoms with E-state index in [1.54, 1.807) is 24.7 Å². The molecule has 2 N–H and O–H groups in total. The van der Waals surface area contributed by atoms with E-state index in [0.717, 1.165) is 5.39 Å². The quantitative estimate of drug-likeness (QED) is 0.720. The first-order valence-corrected chi connectivity index (χ1v) is 6.63. The van der Waals surface area contributed by atoms with E-state index < -0.39 is 5.72 Å². The molecule has 1 unspecified atom stereocenters. The Balaban J connectivity index is 2.19. The van der Waals surface area contributed by atoms with Crippen LogP contribution in [-0.4, -0.2) is 29.8 Å². The van der Waals surface area contributed by atoms with Crippen molar-refractivity contribution in [3.05, 3.63) is 47.3 Å². The largest absolute Gasteiger partial charge is 0.364 e. The molecule has 20 heavy (non-hydrogen) atoms. The monoisotopic (exact) mass is 287 g/mol. The second-order valence-electron chi connectivity index (χ2n) is 4.45. The van der Waals surface area contributed by atoms with Crippen molar-refractivity contribution in [2.45, 2.75) is 19.1 Å². The van der Waals surface area contributed by atoms with Gasteiger partial charge in [-0.15, -0.1) is 5.10 Å². The van der Waals surface area contributed by atoms with E-state index in [1.165, 1.54) is 4.68 Å². The third-order valence-corrected chi connectivity index (χ3v) is 3.47.